The van der Waals surface area contributed by atoms with E-state index >= 15 is 0 Å². The number of allylic oxidation sites excluding steroid dienone is 2. The first-order valence-corrected chi connectivity index (χ1v) is 6.28. The molecule has 0 amide bonds. The Hall–Kier alpha value is -1.68. The molecule has 3 heteroatoms. The van der Waals surface area contributed by atoms with Crippen LogP contribution in [0.3, 0.4) is 0 Å². The van der Waals surface area contributed by atoms with Gasteiger partial charge in [0.25, 0.3) is 0 Å². The molecule has 3 nitrogen and oxygen atoms in total. The molecule has 2 atom stereocenters. The van der Waals surface area contributed by atoms with Crippen LogP contribution in [0.25, 0.3) is 0 Å². The van der Waals surface area contributed by atoms with Gasteiger partial charge in [0.05, 0.1) is 12.3 Å². The van der Waals surface area contributed by atoms with Gasteiger partial charge in [-0.3, -0.25) is 10.2 Å². The number of nitrogens with two attached hydrogens (primary N) is 1. The fourth-order valence-electron chi connectivity index (χ4n) is 1.88. The summed E-state index contributed by atoms with van der Waals surface area (Å²) in [6.07, 6.45) is 5.26. The van der Waals surface area contributed by atoms with Crippen LogP contribution in [0, 0.1) is 0 Å². The van der Waals surface area contributed by atoms with Crippen molar-refractivity contribution < 1.29 is 0 Å². The Morgan fingerprint density at radius 3 is 2.37 bits per heavy atom. The highest BCUT2D eigenvalue weighted by Gasteiger charge is 2.17. The highest BCUT2D eigenvalue weighted by atomic mass is 15.3. The van der Waals surface area contributed by atoms with E-state index in [2.05, 4.69) is 23.4 Å². The van der Waals surface area contributed by atoms with Crippen LogP contribution < -0.4 is 11.1 Å². The highest BCUT2D eigenvalue weighted by Crippen LogP contribution is 2.13. The number of benzene rings is 1. The minimum Gasteiger partial charge on any atom is -0.312 e. The van der Waals surface area contributed by atoms with E-state index in [1.54, 1.807) is 6.08 Å². The smallest absolute Gasteiger partial charge is 0.0870 e. The molecule has 1 rings (SSSR count). The Morgan fingerprint density at radius 2 is 1.89 bits per heavy atom. The molecule has 0 aliphatic heterocycles. The van der Waals surface area contributed by atoms with E-state index in [1.807, 2.05) is 56.6 Å². The van der Waals surface area contributed by atoms with Gasteiger partial charge in [0.1, 0.15) is 0 Å². The number of hydrogen-bond acceptors (Lipinski definition) is 3. The molecule has 2 unspecified atom stereocenters. The second kappa shape index (κ2) is 7.69. The maximum atomic E-state index is 6.20. The summed E-state index contributed by atoms with van der Waals surface area (Å²) in [5.74, 6) is 0. The van der Waals surface area contributed by atoms with Crippen LogP contribution in [0.5, 0.6) is 0 Å². The second-order valence-corrected chi connectivity index (χ2v) is 4.53. The molecule has 3 N–H and O–H groups in total. The van der Waals surface area contributed by atoms with Gasteiger partial charge < -0.3 is 5.73 Å². The predicted molar refractivity (Wildman–Crippen MR) is 82.5 cm³/mol. The third-order valence-electron chi connectivity index (χ3n) is 2.87. The Labute approximate surface area is 116 Å². The van der Waals surface area contributed by atoms with Crippen molar-refractivity contribution in [3.63, 3.8) is 0 Å². The maximum Gasteiger partial charge on any atom is 0.0870 e. The molecular weight excluding hydrogens is 234 g/mol. The number of likely N-dealkylation sites (N-methyl/N-ethyl adjacent to an activating group) is 1. The molecular formula is C16H23N3. The summed E-state index contributed by atoms with van der Waals surface area (Å²) in [6.45, 7) is 7.57. The van der Waals surface area contributed by atoms with E-state index in [0.717, 1.165) is 11.1 Å². The first kappa shape index (κ1) is 15.4. The van der Waals surface area contributed by atoms with Crippen LogP contribution in [0.2, 0.25) is 0 Å². The lowest BCUT2D eigenvalue weighted by Gasteiger charge is -2.30. The van der Waals surface area contributed by atoms with Gasteiger partial charge in [-0.1, -0.05) is 61.7 Å². The van der Waals surface area contributed by atoms with Crippen LogP contribution in [0.4, 0.5) is 0 Å². The standard InChI is InChI=1S/C16H23N3/c1-5-10-13(6-2)16(19(3)4)18-15(17)14-11-8-7-9-12-14/h5-12,15-16,18H,1-2,17H2,3-4H3/b13-10+. The van der Waals surface area contributed by atoms with Crippen LogP contribution in [0.15, 0.2) is 67.3 Å². The van der Waals surface area contributed by atoms with Gasteiger partial charge in [-0.05, 0) is 25.2 Å². The van der Waals surface area contributed by atoms with E-state index in [4.69, 9.17) is 5.73 Å². The molecule has 0 saturated heterocycles. The Bertz CT molecular complexity index is 435. The number of rotatable bonds is 7. The van der Waals surface area contributed by atoms with Gasteiger partial charge in [-0.2, -0.15) is 0 Å². The average molecular weight is 257 g/mol. The van der Waals surface area contributed by atoms with Gasteiger partial charge in [0, 0.05) is 0 Å². The Kier molecular flexibility index (Phi) is 6.22. The minimum absolute atomic E-state index is 0.00861. The predicted octanol–water partition coefficient (Wildman–Crippen LogP) is 2.42. The largest absolute Gasteiger partial charge is 0.312 e. The third-order valence-corrected chi connectivity index (χ3v) is 2.87. The Balaban J connectivity index is 2.88. The summed E-state index contributed by atoms with van der Waals surface area (Å²) in [4.78, 5) is 2.06. The second-order valence-electron chi connectivity index (χ2n) is 4.53. The lowest BCUT2D eigenvalue weighted by atomic mass is 10.1. The summed E-state index contributed by atoms with van der Waals surface area (Å²) in [5.41, 5.74) is 8.28. The molecule has 1 aromatic rings. The molecule has 19 heavy (non-hydrogen) atoms. The summed E-state index contributed by atoms with van der Waals surface area (Å²) < 4.78 is 0. The molecule has 102 valence electrons. The molecule has 0 radical (unpaired) electrons. The van der Waals surface area contributed by atoms with Crippen molar-refractivity contribution in [3.05, 3.63) is 72.9 Å². The fraction of sp³-hybridized carbons (Fsp3) is 0.250. The lowest BCUT2D eigenvalue weighted by molar-refractivity contribution is 0.263. The van der Waals surface area contributed by atoms with Crippen molar-refractivity contribution in [1.82, 2.24) is 10.2 Å². The monoisotopic (exact) mass is 257 g/mol. The molecule has 0 aliphatic rings. The molecule has 0 saturated carbocycles. The fourth-order valence-corrected chi connectivity index (χ4v) is 1.88. The van der Waals surface area contributed by atoms with Crippen molar-refractivity contribution in [2.45, 2.75) is 12.3 Å². The van der Waals surface area contributed by atoms with Crippen LogP contribution >= 0.6 is 0 Å². The number of hydrogen-bond donors (Lipinski definition) is 2. The summed E-state index contributed by atoms with van der Waals surface area (Å²) >= 11 is 0. The van der Waals surface area contributed by atoms with Gasteiger partial charge >= 0.3 is 0 Å². The zero-order valence-corrected chi connectivity index (χ0v) is 11.7. The molecule has 1 aromatic carbocycles. The van der Waals surface area contributed by atoms with Crippen LogP contribution in [0.1, 0.15) is 11.7 Å². The SMILES string of the molecule is C=C/C=C(\C=C)C(NC(N)c1ccccc1)N(C)C. The summed E-state index contributed by atoms with van der Waals surface area (Å²) in [6, 6.07) is 9.96. The summed E-state index contributed by atoms with van der Waals surface area (Å²) in [7, 11) is 3.99. The normalized spacial score (nSPS) is 15.1. The zero-order chi connectivity index (χ0) is 14.3. The van der Waals surface area contributed by atoms with Crippen molar-refractivity contribution in [1.29, 1.82) is 0 Å². The van der Waals surface area contributed by atoms with Gasteiger partial charge in [-0.15, -0.1) is 0 Å². The lowest BCUT2D eigenvalue weighted by Crippen LogP contribution is -2.46. The van der Waals surface area contributed by atoms with Crippen molar-refractivity contribution in [2.24, 2.45) is 5.73 Å². The summed E-state index contributed by atoms with van der Waals surface area (Å²) in [5, 5.41) is 3.38. The van der Waals surface area contributed by atoms with E-state index in [0.29, 0.717) is 0 Å². The number of nitrogens with one attached hydrogen (secondary N) is 1. The molecule has 0 aliphatic carbocycles. The topological polar surface area (TPSA) is 41.3 Å². The van der Waals surface area contributed by atoms with Crippen molar-refractivity contribution in [3.8, 4) is 0 Å². The van der Waals surface area contributed by atoms with E-state index in [1.165, 1.54) is 0 Å². The van der Waals surface area contributed by atoms with E-state index in [9.17, 15) is 0 Å². The van der Waals surface area contributed by atoms with Crippen molar-refractivity contribution >= 4 is 0 Å². The van der Waals surface area contributed by atoms with Gasteiger partial charge in [0.15, 0.2) is 0 Å². The van der Waals surface area contributed by atoms with Gasteiger partial charge in [0.2, 0.25) is 0 Å². The maximum absolute atomic E-state index is 6.20. The Morgan fingerprint density at radius 1 is 1.26 bits per heavy atom. The van der Waals surface area contributed by atoms with E-state index in [-0.39, 0.29) is 12.3 Å². The zero-order valence-electron chi connectivity index (χ0n) is 11.7. The third kappa shape index (κ3) is 4.48. The highest BCUT2D eigenvalue weighted by molar-refractivity contribution is 5.27. The molecule has 0 bridgehead atoms. The number of nitrogens with zero attached hydrogens (tertiary/aromatic N) is 1. The van der Waals surface area contributed by atoms with Crippen molar-refractivity contribution in [2.75, 3.05) is 14.1 Å². The quantitative estimate of drug-likeness (QED) is 0.582. The van der Waals surface area contributed by atoms with E-state index < -0.39 is 0 Å². The molecule has 0 fully saturated rings. The van der Waals surface area contributed by atoms with Gasteiger partial charge in [-0.25, -0.2) is 0 Å². The first-order valence-electron chi connectivity index (χ1n) is 6.28. The first-order chi connectivity index (χ1) is 9.10. The van der Waals surface area contributed by atoms with Crippen LogP contribution in [-0.2, 0) is 0 Å². The molecule has 0 heterocycles. The van der Waals surface area contributed by atoms with Crippen LogP contribution in [-0.4, -0.2) is 25.2 Å². The molecule has 0 spiro atoms. The minimum atomic E-state index is -0.234. The average Bonchev–Trinajstić information content (AvgIpc) is 2.43. The molecule has 0 aromatic heterocycles.